The maximum atomic E-state index is 12.3. The second kappa shape index (κ2) is 8.32. The average molecular weight is 310 g/mol. The monoisotopic (exact) mass is 310 g/mol. The standard InChI is InChI=1S/C13H15N2O5P/c1-3-18-21(17,19-4-2)12(10-14)15-20-13(16)11-8-6-5-7-9-11/h5-9H,3-4H2,1-2H3/b15-12-. The van der Waals surface area contributed by atoms with Crippen molar-refractivity contribution < 1.29 is 23.2 Å². The molecule has 7 nitrogen and oxygen atoms in total. The molecule has 0 unspecified atom stereocenters. The molecule has 0 bridgehead atoms. The Morgan fingerprint density at radius 2 is 1.81 bits per heavy atom. The first-order valence-corrected chi connectivity index (χ1v) is 7.75. The lowest BCUT2D eigenvalue weighted by atomic mass is 10.2. The highest BCUT2D eigenvalue weighted by Crippen LogP contribution is 2.49. The van der Waals surface area contributed by atoms with E-state index in [4.69, 9.17) is 14.3 Å². The van der Waals surface area contributed by atoms with E-state index in [0.717, 1.165) is 0 Å². The van der Waals surface area contributed by atoms with Gasteiger partial charge < -0.3 is 13.9 Å². The molecule has 8 heteroatoms. The predicted octanol–water partition coefficient (Wildman–Crippen LogP) is 2.95. The van der Waals surface area contributed by atoms with Crippen LogP contribution in [0.25, 0.3) is 0 Å². The largest absolute Gasteiger partial charge is 0.393 e. The van der Waals surface area contributed by atoms with Gasteiger partial charge in [0.25, 0.3) is 5.45 Å². The molecule has 1 aromatic rings. The highest BCUT2D eigenvalue weighted by molar-refractivity contribution is 7.73. The van der Waals surface area contributed by atoms with Crippen molar-refractivity contribution in [2.75, 3.05) is 13.2 Å². The minimum absolute atomic E-state index is 0.0601. The first kappa shape index (κ1) is 17.1. The van der Waals surface area contributed by atoms with Crippen molar-refractivity contribution in [3.8, 4) is 6.07 Å². The molecular weight excluding hydrogens is 295 g/mol. The molecule has 0 aliphatic heterocycles. The van der Waals surface area contributed by atoms with Crippen molar-refractivity contribution in [2.24, 2.45) is 5.16 Å². The van der Waals surface area contributed by atoms with Gasteiger partial charge in [0.05, 0.1) is 18.8 Å². The molecule has 0 aromatic heterocycles. The Morgan fingerprint density at radius 3 is 2.29 bits per heavy atom. The molecular formula is C13H15N2O5P. The Labute approximate surface area is 122 Å². The summed E-state index contributed by atoms with van der Waals surface area (Å²) in [6, 6.07) is 9.66. The molecule has 0 atom stereocenters. The molecule has 0 aliphatic rings. The lowest BCUT2D eigenvalue weighted by Crippen LogP contribution is -2.08. The van der Waals surface area contributed by atoms with Crippen LogP contribution in [0.3, 0.4) is 0 Å². The molecule has 0 saturated carbocycles. The first-order valence-electron chi connectivity index (χ1n) is 6.21. The Balaban J connectivity index is 2.91. The smallest absolute Gasteiger partial charge is 0.311 e. The summed E-state index contributed by atoms with van der Waals surface area (Å²) < 4.78 is 22.2. The summed E-state index contributed by atoms with van der Waals surface area (Å²) in [4.78, 5) is 16.3. The van der Waals surface area contributed by atoms with Crippen LogP contribution in [0.5, 0.6) is 0 Å². The number of nitriles is 1. The third kappa shape index (κ3) is 4.80. The van der Waals surface area contributed by atoms with E-state index in [-0.39, 0.29) is 18.8 Å². The van der Waals surface area contributed by atoms with Crippen molar-refractivity contribution in [3.05, 3.63) is 35.9 Å². The Hall–Kier alpha value is -2.00. The van der Waals surface area contributed by atoms with Gasteiger partial charge in [-0.2, -0.15) is 5.26 Å². The number of benzene rings is 1. The van der Waals surface area contributed by atoms with E-state index in [0.29, 0.717) is 0 Å². The van der Waals surface area contributed by atoms with E-state index in [9.17, 15) is 9.36 Å². The van der Waals surface area contributed by atoms with Gasteiger partial charge in [-0.15, -0.1) is 0 Å². The van der Waals surface area contributed by atoms with Crippen LogP contribution >= 0.6 is 7.60 Å². The van der Waals surface area contributed by atoms with Crippen LogP contribution in [0.2, 0.25) is 0 Å². The quantitative estimate of drug-likeness (QED) is 0.332. The van der Waals surface area contributed by atoms with Gasteiger partial charge in [0.2, 0.25) is 0 Å². The number of nitrogens with zero attached hydrogens (tertiary/aromatic N) is 2. The average Bonchev–Trinajstić information content (AvgIpc) is 2.49. The van der Waals surface area contributed by atoms with Crippen molar-refractivity contribution in [1.82, 2.24) is 0 Å². The van der Waals surface area contributed by atoms with E-state index < -0.39 is 19.0 Å². The minimum Gasteiger partial charge on any atom is -0.311 e. The van der Waals surface area contributed by atoms with Crippen LogP contribution in [-0.4, -0.2) is 24.6 Å². The number of rotatable bonds is 7. The summed E-state index contributed by atoms with van der Waals surface area (Å²) in [5, 5.41) is 12.3. The Kier molecular flexibility index (Phi) is 6.76. The maximum Gasteiger partial charge on any atom is 0.393 e. The van der Waals surface area contributed by atoms with E-state index in [2.05, 4.69) is 9.99 Å². The minimum atomic E-state index is -3.87. The maximum absolute atomic E-state index is 12.3. The third-order valence-corrected chi connectivity index (χ3v) is 4.08. The molecule has 0 fully saturated rings. The lowest BCUT2D eigenvalue weighted by molar-refractivity contribution is 0.0517. The van der Waals surface area contributed by atoms with E-state index in [1.165, 1.54) is 12.1 Å². The molecule has 0 saturated heterocycles. The number of hydrogen-bond donors (Lipinski definition) is 0. The number of carbonyl (C=O) groups is 1. The predicted molar refractivity (Wildman–Crippen MR) is 75.8 cm³/mol. The lowest BCUT2D eigenvalue weighted by Gasteiger charge is -2.13. The molecule has 21 heavy (non-hydrogen) atoms. The van der Waals surface area contributed by atoms with E-state index >= 15 is 0 Å². The Morgan fingerprint density at radius 1 is 1.24 bits per heavy atom. The molecule has 0 heterocycles. The number of carbonyl (C=O) groups excluding carboxylic acids is 1. The molecule has 1 aromatic carbocycles. The highest BCUT2D eigenvalue weighted by atomic mass is 31.2. The molecule has 0 N–H and O–H groups in total. The van der Waals surface area contributed by atoms with Crippen molar-refractivity contribution >= 4 is 19.0 Å². The fraction of sp³-hybridized carbons (Fsp3) is 0.308. The Bertz CT molecular complexity index is 584. The van der Waals surface area contributed by atoms with E-state index in [1.807, 2.05) is 0 Å². The summed E-state index contributed by atoms with van der Waals surface area (Å²) in [5.74, 6) is -0.775. The van der Waals surface area contributed by atoms with Gasteiger partial charge in [0.15, 0.2) is 0 Å². The zero-order valence-electron chi connectivity index (χ0n) is 11.7. The zero-order chi connectivity index (χ0) is 15.7. The van der Waals surface area contributed by atoms with Crippen LogP contribution in [-0.2, 0) is 18.5 Å². The topological polar surface area (TPSA) is 98.0 Å². The van der Waals surface area contributed by atoms with Crippen LogP contribution in [0.4, 0.5) is 0 Å². The van der Waals surface area contributed by atoms with Gasteiger partial charge in [-0.3, -0.25) is 4.57 Å². The van der Waals surface area contributed by atoms with Gasteiger partial charge in [-0.05, 0) is 26.0 Å². The second-order valence-electron chi connectivity index (χ2n) is 3.60. The van der Waals surface area contributed by atoms with Gasteiger partial charge in [0, 0.05) is 0 Å². The molecule has 0 aliphatic carbocycles. The summed E-state index contributed by atoms with van der Waals surface area (Å²) >= 11 is 0. The SMILES string of the molecule is CCOP(=O)(OCC)/C(C#N)=N\OC(=O)c1ccccc1. The van der Waals surface area contributed by atoms with Crippen molar-refractivity contribution in [1.29, 1.82) is 5.26 Å². The summed E-state index contributed by atoms with van der Waals surface area (Å²) in [6.07, 6.45) is 0. The van der Waals surface area contributed by atoms with Crippen molar-refractivity contribution in [3.63, 3.8) is 0 Å². The molecule has 1 rings (SSSR count). The van der Waals surface area contributed by atoms with Crippen LogP contribution in [0.15, 0.2) is 35.5 Å². The van der Waals surface area contributed by atoms with E-state index in [1.54, 1.807) is 38.1 Å². The normalized spacial score (nSPS) is 11.8. The fourth-order valence-corrected chi connectivity index (χ4v) is 2.60. The summed E-state index contributed by atoms with van der Waals surface area (Å²) in [6.45, 7) is 3.31. The third-order valence-electron chi connectivity index (χ3n) is 2.18. The number of hydrogen-bond acceptors (Lipinski definition) is 7. The molecule has 0 spiro atoms. The van der Waals surface area contributed by atoms with Gasteiger partial charge in [-0.25, -0.2) is 4.79 Å². The summed E-state index contributed by atoms with van der Waals surface area (Å²) in [7, 11) is -3.87. The summed E-state index contributed by atoms with van der Waals surface area (Å²) in [5.41, 5.74) is -0.350. The first-order chi connectivity index (χ1) is 10.1. The van der Waals surface area contributed by atoms with Gasteiger partial charge in [-0.1, -0.05) is 23.4 Å². The van der Waals surface area contributed by atoms with Gasteiger partial charge in [0.1, 0.15) is 6.07 Å². The van der Waals surface area contributed by atoms with Crippen LogP contribution in [0, 0.1) is 11.3 Å². The molecule has 0 amide bonds. The van der Waals surface area contributed by atoms with Crippen LogP contribution < -0.4 is 0 Å². The van der Waals surface area contributed by atoms with Crippen molar-refractivity contribution in [2.45, 2.75) is 13.8 Å². The molecule has 0 radical (unpaired) electrons. The zero-order valence-corrected chi connectivity index (χ0v) is 12.6. The molecule has 112 valence electrons. The fourth-order valence-electron chi connectivity index (χ4n) is 1.34. The highest BCUT2D eigenvalue weighted by Gasteiger charge is 2.33. The van der Waals surface area contributed by atoms with Crippen LogP contribution in [0.1, 0.15) is 24.2 Å². The van der Waals surface area contributed by atoms with Gasteiger partial charge >= 0.3 is 13.6 Å². The number of oxime groups is 1. The second-order valence-corrected chi connectivity index (χ2v) is 5.54.